The molecule has 0 fully saturated rings. The predicted molar refractivity (Wildman–Crippen MR) is 85.7 cm³/mol. The topological polar surface area (TPSA) is 55.8 Å². The Kier molecular flexibility index (Phi) is 6.10. The van der Waals surface area contributed by atoms with Crippen molar-refractivity contribution in [3.63, 3.8) is 0 Å². The van der Waals surface area contributed by atoms with E-state index in [0.29, 0.717) is 0 Å². The molecule has 0 atom stereocenters. The molecule has 2 aromatic rings. The molecule has 2 aromatic carbocycles. The van der Waals surface area contributed by atoms with Gasteiger partial charge in [-0.15, -0.1) is 0 Å². The number of hydrogen-bond donors (Lipinski definition) is 1. The Morgan fingerprint density at radius 1 is 0.786 bits per heavy atom. The Bertz CT molecular complexity index is 811. The number of halogens is 6. The second-order valence-electron chi connectivity index (χ2n) is 5.68. The quantitative estimate of drug-likeness (QED) is 0.609. The average Bonchev–Trinajstić information content (AvgIpc) is 2.65. The van der Waals surface area contributed by atoms with Gasteiger partial charge in [-0.25, -0.2) is 4.79 Å². The summed E-state index contributed by atoms with van der Waals surface area (Å²) in [4.78, 5) is 11.0. The molecule has 0 radical (unpaired) electrons. The number of alkyl halides is 6. The summed E-state index contributed by atoms with van der Waals surface area (Å²) in [6, 6.07) is 11.0. The minimum atomic E-state index is -5.83. The van der Waals surface area contributed by atoms with E-state index in [1.165, 1.54) is 42.5 Å². The zero-order chi connectivity index (χ0) is 21.0. The van der Waals surface area contributed by atoms with Crippen LogP contribution in [0.3, 0.4) is 0 Å². The number of hydrogen-bond acceptors (Lipinski definition) is 3. The van der Waals surface area contributed by atoms with Crippen LogP contribution in [0.4, 0.5) is 26.3 Å². The highest BCUT2D eigenvalue weighted by Crippen LogP contribution is 2.46. The third kappa shape index (κ3) is 4.49. The molecule has 0 saturated carbocycles. The monoisotopic (exact) mass is 408 g/mol. The van der Waals surface area contributed by atoms with Crippen LogP contribution in [-0.2, 0) is 0 Å². The van der Waals surface area contributed by atoms with Gasteiger partial charge in [0.15, 0.2) is 13.2 Å². The zero-order valence-electron chi connectivity index (χ0n) is 14.1. The Balaban J connectivity index is 2.12. The summed E-state index contributed by atoms with van der Waals surface area (Å²) in [6.07, 6.45) is 0. The number of carbonyl (C=O) groups is 1. The van der Waals surface area contributed by atoms with E-state index in [-0.39, 0.29) is 5.75 Å². The summed E-state index contributed by atoms with van der Waals surface area (Å²) in [5.74, 6) is -18.8. The molecule has 152 valence electrons. The van der Waals surface area contributed by atoms with Crippen LogP contribution in [0.1, 0.15) is 10.4 Å². The molecule has 0 bridgehead atoms. The minimum Gasteiger partial charge on any atom is -0.487 e. The maximum Gasteiger partial charge on any atom is 0.378 e. The van der Waals surface area contributed by atoms with Gasteiger partial charge in [0.2, 0.25) is 0 Å². The number of benzene rings is 2. The number of aromatic carboxylic acids is 1. The highest BCUT2D eigenvalue weighted by atomic mass is 19.3. The minimum absolute atomic E-state index is 0.201. The van der Waals surface area contributed by atoms with Crippen LogP contribution in [-0.4, -0.2) is 42.1 Å². The van der Waals surface area contributed by atoms with E-state index in [9.17, 15) is 31.1 Å². The van der Waals surface area contributed by atoms with Crippen molar-refractivity contribution < 1.29 is 45.7 Å². The van der Waals surface area contributed by atoms with E-state index in [2.05, 4.69) is 9.47 Å². The molecular formula is C18H14F6O4. The van der Waals surface area contributed by atoms with Gasteiger partial charge in [0.1, 0.15) is 17.1 Å². The standard InChI is InChI=1S/C18H14F6O4/c19-16(20,10-27-12-6-2-1-3-7-12)18(23,24)17(21,22)11-28-14-9-5-4-8-13(14)15(25)26/h1-9H,10-11H2,(H,25,26). The molecule has 0 aliphatic heterocycles. The molecule has 0 heterocycles. The van der Waals surface area contributed by atoms with Gasteiger partial charge in [-0.3, -0.25) is 0 Å². The van der Waals surface area contributed by atoms with Crippen LogP contribution in [0.25, 0.3) is 0 Å². The first-order valence-electron chi connectivity index (χ1n) is 7.74. The lowest BCUT2D eigenvalue weighted by atomic mass is 10.1. The molecule has 28 heavy (non-hydrogen) atoms. The van der Waals surface area contributed by atoms with Gasteiger partial charge in [-0.1, -0.05) is 30.3 Å². The Labute approximate surface area is 155 Å². The van der Waals surface area contributed by atoms with E-state index in [1.807, 2.05) is 0 Å². The molecule has 0 aliphatic rings. The lowest BCUT2D eigenvalue weighted by Gasteiger charge is -2.32. The number of para-hydroxylation sites is 2. The first-order valence-corrected chi connectivity index (χ1v) is 7.74. The molecule has 0 aliphatic carbocycles. The van der Waals surface area contributed by atoms with Crippen LogP contribution in [0.2, 0.25) is 0 Å². The van der Waals surface area contributed by atoms with Gasteiger partial charge in [-0.2, -0.15) is 26.3 Å². The summed E-state index contributed by atoms with van der Waals surface area (Å²) in [6.45, 7) is -4.16. The average molecular weight is 408 g/mol. The summed E-state index contributed by atoms with van der Waals surface area (Å²) in [5.41, 5.74) is -0.583. The number of ether oxygens (including phenoxy) is 2. The Morgan fingerprint density at radius 3 is 1.86 bits per heavy atom. The zero-order valence-corrected chi connectivity index (χ0v) is 14.1. The molecular weight excluding hydrogens is 394 g/mol. The summed E-state index contributed by atoms with van der Waals surface area (Å²) < 4.78 is 92.0. The summed E-state index contributed by atoms with van der Waals surface area (Å²) in [7, 11) is 0. The smallest absolute Gasteiger partial charge is 0.378 e. The predicted octanol–water partition coefficient (Wildman–Crippen LogP) is 4.75. The Hall–Kier alpha value is -2.91. The third-order valence-corrected chi connectivity index (χ3v) is 3.61. The normalized spacial score (nSPS) is 12.5. The van der Waals surface area contributed by atoms with Crippen molar-refractivity contribution >= 4 is 5.97 Å². The van der Waals surface area contributed by atoms with Crippen molar-refractivity contribution in [1.29, 1.82) is 0 Å². The lowest BCUT2D eigenvalue weighted by molar-refractivity contribution is -0.319. The molecule has 0 amide bonds. The first-order chi connectivity index (χ1) is 13.0. The summed E-state index contributed by atoms with van der Waals surface area (Å²) >= 11 is 0. The fourth-order valence-electron chi connectivity index (χ4n) is 2.08. The largest absolute Gasteiger partial charge is 0.487 e. The number of carboxylic acid groups (broad SMARTS) is 1. The molecule has 0 unspecified atom stereocenters. The van der Waals surface area contributed by atoms with Crippen LogP contribution in [0.5, 0.6) is 11.5 Å². The van der Waals surface area contributed by atoms with Crippen LogP contribution >= 0.6 is 0 Å². The van der Waals surface area contributed by atoms with Crippen molar-refractivity contribution in [2.75, 3.05) is 13.2 Å². The molecule has 1 N–H and O–H groups in total. The molecule has 4 nitrogen and oxygen atoms in total. The van der Waals surface area contributed by atoms with Crippen LogP contribution in [0, 0.1) is 0 Å². The van der Waals surface area contributed by atoms with Gasteiger partial charge in [0.25, 0.3) is 0 Å². The maximum atomic E-state index is 13.9. The van der Waals surface area contributed by atoms with E-state index in [0.717, 1.165) is 12.1 Å². The molecule has 0 aromatic heterocycles. The van der Waals surface area contributed by atoms with Crippen LogP contribution in [0.15, 0.2) is 54.6 Å². The maximum absolute atomic E-state index is 13.9. The van der Waals surface area contributed by atoms with Crippen molar-refractivity contribution in [2.45, 2.75) is 17.8 Å². The summed E-state index contributed by atoms with van der Waals surface area (Å²) in [5, 5.41) is 8.91. The number of carboxylic acids is 1. The van der Waals surface area contributed by atoms with Gasteiger partial charge in [0, 0.05) is 0 Å². The fourth-order valence-corrected chi connectivity index (χ4v) is 2.08. The van der Waals surface area contributed by atoms with E-state index < -0.39 is 48.3 Å². The third-order valence-electron chi connectivity index (χ3n) is 3.61. The molecule has 2 rings (SSSR count). The second kappa shape index (κ2) is 7.99. The van der Waals surface area contributed by atoms with E-state index >= 15 is 0 Å². The fraction of sp³-hybridized carbons (Fsp3) is 0.278. The second-order valence-corrected chi connectivity index (χ2v) is 5.68. The van der Waals surface area contributed by atoms with Crippen LogP contribution < -0.4 is 9.47 Å². The van der Waals surface area contributed by atoms with E-state index in [1.54, 1.807) is 0 Å². The Morgan fingerprint density at radius 2 is 1.29 bits per heavy atom. The molecule has 0 saturated heterocycles. The molecule has 0 spiro atoms. The number of rotatable bonds is 9. The van der Waals surface area contributed by atoms with Crippen molar-refractivity contribution in [1.82, 2.24) is 0 Å². The van der Waals surface area contributed by atoms with E-state index in [4.69, 9.17) is 5.11 Å². The van der Waals surface area contributed by atoms with Gasteiger partial charge in [0.05, 0.1) is 0 Å². The first kappa shape index (κ1) is 21.4. The SMILES string of the molecule is O=C(O)c1ccccc1OCC(F)(F)C(F)(F)C(F)(F)COc1ccccc1. The molecule has 10 heteroatoms. The van der Waals surface area contributed by atoms with Crippen molar-refractivity contribution in [2.24, 2.45) is 0 Å². The highest BCUT2D eigenvalue weighted by Gasteiger charge is 2.72. The van der Waals surface area contributed by atoms with Crippen molar-refractivity contribution in [3.8, 4) is 11.5 Å². The lowest BCUT2D eigenvalue weighted by Crippen LogP contribution is -2.58. The van der Waals surface area contributed by atoms with Gasteiger partial charge >= 0.3 is 23.7 Å². The van der Waals surface area contributed by atoms with Gasteiger partial charge in [-0.05, 0) is 24.3 Å². The van der Waals surface area contributed by atoms with Crippen molar-refractivity contribution in [3.05, 3.63) is 60.2 Å². The highest BCUT2D eigenvalue weighted by molar-refractivity contribution is 5.90. The van der Waals surface area contributed by atoms with Gasteiger partial charge < -0.3 is 14.6 Å².